The van der Waals surface area contributed by atoms with E-state index in [-0.39, 0.29) is 5.76 Å². The first-order chi connectivity index (χ1) is 7.72. The summed E-state index contributed by atoms with van der Waals surface area (Å²) in [6.45, 7) is 1.98. The lowest BCUT2D eigenvalue weighted by molar-refractivity contribution is 0.0661. The number of thiophene rings is 1. The molecule has 2 rings (SSSR count). The van der Waals surface area contributed by atoms with Gasteiger partial charge in [-0.1, -0.05) is 13.3 Å². The van der Waals surface area contributed by atoms with Crippen molar-refractivity contribution in [3.8, 4) is 11.5 Å². The van der Waals surface area contributed by atoms with Crippen molar-refractivity contribution in [3.63, 3.8) is 0 Å². The lowest BCUT2D eigenvalue weighted by Crippen LogP contribution is -1.99. The van der Waals surface area contributed by atoms with Gasteiger partial charge in [0.05, 0.1) is 5.69 Å². The van der Waals surface area contributed by atoms with E-state index in [4.69, 9.17) is 9.52 Å². The van der Waals surface area contributed by atoms with Crippen molar-refractivity contribution in [2.75, 3.05) is 0 Å². The maximum Gasteiger partial charge on any atom is 0.373 e. The number of carboxylic acids is 1. The van der Waals surface area contributed by atoms with Gasteiger partial charge in [0.2, 0.25) is 11.7 Å². The van der Waals surface area contributed by atoms with Gasteiger partial charge in [-0.25, -0.2) is 9.78 Å². The minimum Gasteiger partial charge on any atom is -0.475 e. The van der Waals surface area contributed by atoms with Crippen molar-refractivity contribution in [1.82, 2.24) is 4.98 Å². The molecular weight excluding hydrogens is 226 g/mol. The van der Waals surface area contributed by atoms with Crippen LogP contribution in [0.2, 0.25) is 0 Å². The Hall–Kier alpha value is -1.62. The van der Waals surface area contributed by atoms with Gasteiger partial charge in [-0.15, -0.1) is 0 Å². The molecule has 5 heteroatoms. The minimum atomic E-state index is -1.06. The number of nitrogens with zero attached hydrogens (tertiary/aromatic N) is 1. The van der Waals surface area contributed by atoms with Gasteiger partial charge in [-0.2, -0.15) is 11.3 Å². The van der Waals surface area contributed by atoms with Crippen molar-refractivity contribution in [2.45, 2.75) is 19.8 Å². The second kappa shape index (κ2) is 4.49. The van der Waals surface area contributed by atoms with Gasteiger partial charge in [0.25, 0.3) is 0 Å². The van der Waals surface area contributed by atoms with Crippen LogP contribution >= 0.6 is 11.3 Å². The Morgan fingerprint density at radius 1 is 1.62 bits per heavy atom. The zero-order valence-corrected chi connectivity index (χ0v) is 9.58. The van der Waals surface area contributed by atoms with Crippen molar-refractivity contribution < 1.29 is 14.3 Å². The standard InChI is InChI=1S/C11H11NO3S/c1-2-3-8-9(11(13)14)15-10(12-8)7-4-5-16-6-7/h4-6H,2-3H2,1H3,(H,13,14). The molecule has 2 aromatic rings. The summed E-state index contributed by atoms with van der Waals surface area (Å²) in [6.07, 6.45) is 1.46. The molecule has 2 heterocycles. The zero-order chi connectivity index (χ0) is 11.5. The third kappa shape index (κ3) is 1.99. The highest BCUT2D eigenvalue weighted by Gasteiger charge is 2.19. The van der Waals surface area contributed by atoms with E-state index in [1.54, 1.807) is 0 Å². The van der Waals surface area contributed by atoms with Crippen LogP contribution in [0.5, 0.6) is 0 Å². The van der Waals surface area contributed by atoms with E-state index in [0.717, 1.165) is 12.0 Å². The van der Waals surface area contributed by atoms with E-state index in [2.05, 4.69) is 4.98 Å². The van der Waals surface area contributed by atoms with Gasteiger partial charge in [-0.3, -0.25) is 0 Å². The average Bonchev–Trinajstić information content (AvgIpc) is 2.83. The van der Waals surface area contributed by atoms with Gasteiger partial charge in [-0.05, 0) is 17.9 Å². The molecule has 1 N–H and O–H groups in total. The van der Waals surface area contributed by atoms with Crippen molar-refractivity contribution in [2.24, 2.45) is 0 Å². The van der Waals surface area contributed by atoms with Crippen LogP contribution < -0.4 is 0 Å². The number of aryl methyl sites for hydroxylation is 1. The second-order valence-corrected chi connectivity index (χ2v) is 4.14. The van der Waals surface area contributed by atoms with Gasteiger partial charge in [0.1, 0.15) is 0 Å². The molecule has 0 aliphatic heterocycles. The van der Waals surface area contributed by atoms with Crippen molar-refractivity contribution >= 4 is 17.3 Å². The summed E-state index contributed by atoms with van der Waals surface area (Å²) < 4.78 is 5.27. The average molecular weight is 237 g/mol. The smallest absolute Gasteiger partial charge is 0.373 e. The third-order valence-corrected chi connectivity index (χ3v) is 2.83. The molecule has 0 unspecified atom stereocenters. The normalized spacial score (nSPS) is 10.6. The van der Waals surface area contributed by atoms with Gasteiger partial charge < -0.3 is 9.52 Å². The Balaban J connectivity index is 2.42. The highest BCUT2D eigenvalue weighted by Crippen LogP contribution is 2.24. The minimum absolute atomic E-state index is 0.0388. The number of carbonyl (C=O) groups is 1. The molecule has 2 aromatic heterocycles. The number of hydrogen-bond acceptors (Lipinski definition) is 4. The van der Waals surface area contributed by atoms with Crippen LogP contribution in [0.1, 0.15) is 29.6 Å². The molecule has 0 fully saturated rings. The number of aromatic carboxylic acids is 1. The highest BCUT2D eigenvalue weighted by atomic mass is 32.1. The highest BCUT2D eigenvalue weighted by molar-refractivity contribution is 7.08. The second-order valence-electron chi connectivity index (χ2n) is 3.36. The van der Waals surface area contributed by atoms with E-state index in [1.165, 1.54) is 11.3 Å². The fourth-order valence-corrected chi connectivity index (χ4v) is 2.06. The van der Waals surface area contributed by atoms with Gasteiger partial charge >= 0.3 is 5.97 Å². The predicted molar refractivity (Wildman–Crippen MR) is 60.8 cm³/mol. The largest absolute Gasteiger partial charge is 0.475 e. The van der Waals surface area contributed by atoms with Crippen LogP contribution in [0.15, 0.2) is 21.2 Å². The lowest BCUT2D eigenvalue weighted by atomic mass is 10.2. The number of oxazole rings is 1. The van der Waals surface area contributed by atoms with Crippen LogP contribution in [0.4, 0.5) is 0 Å². The van der Waals surface area contributed by atoms with Gasteiger partial charge in [0, 0.05) is 10.9 Å². The SMILES string of the molecule is CCCc1nc(-c2ccsc2)oc1C(=O)O. The lowest BCUT2D eigenvalue weighted by Gasteiger charge is -1.91. The maximum absolute atomic E-state index is 10.9. The molecule has 0 aliphatic carbocycles. The van der Waals surface area contributed by atoms with E-state index >= 15 is 0 Å². The molecule has 16 heavy (non-hydrogen) atoms. The summed E-state index contributed by atoms with van der Waals surface area (Å²) in [5, 5.41) is 12.8. The van der Waals surface area contributed by atoms with Crippen molar-refractivity contribution in [3.05, 3.63) is 28.3 Å². The molecule has 0 saturated carbocycles. The van der Waals surface area contributed by atoms with Crippen LogP contribution in [0, 0.1) is 0 Å². The first-order valence-electron chi connectivity index (χ1n) is 4.98. The maximum atomic E-state index is 10.9. The monoisotopic (exact) mass is 237 g/mol. The summed E-state index contributed by atoms with van der Waals surface area (Å²) in [5.41, 5.74) is 1.35. The first kappa shape index (κ1) is 10.9. The molecule has 0 atom stereocenters. The van der Waals surface area contributed by atoms with Gasteiger partial charge in [0.15, 0.2) is 0 Å². The third-order valence-electron chi connectivity index (χ3n) is 2.15. The summed E-state index contributed by atoms with van der Waals surface area (Å²) >= 11 is 1.52. The number of aromatic nitrogens is 1. The molecule has 0 spiro atoms. The number of hydrogen-bond donors (Lipinski definition) is 1. The molecule has 0 aliphatic rings. The molecule has 0 bridgehead atoms. The Labute approximate surface area is 96.6 Å². The van der Waals surface area contributed by atoms with E-state index in [0.29, 0.717) is 18.0 Å². The van der Waals surface area contributed by atoms with Crippen LogP contribution in [-0.2, 0) is 6.42 Å². The summed E-state index contributed by atoms with van der Waals surface area (Å²) in [4.78, 5) is 15.2. The molecular formula is C11H11NO3S. The fraction of sp³-hybridized carbons (Fsp3) is 0.273. The van der Waals surface area contributed by atoms with E-state index in [9.17, 15) is 4.79 Å². The summed E-state index contributed by atoms with van der Waals surface area (Å²) in [5.74, 6) is -0.706. The fourth-order valence-electron chi connectivity index (χ4n) is 1.43. The molecule has 84 valence electrons. The summed E-state index contributed by atoms with van der Waals surface area (Å²) in [6, 6.07) is 1.86. The predicted octanol–water partition coefficient (Wildman–Crippen LogP) is 3.05. The Morgan fingerprint density at radius 3 is 3.00 bits per heavy atom. The Morgan fingerprint density at radius 2 is 2.44 bits per heavy atom. The van der Waals surface area contributed by atoms with E-state index < -0.39 is 5.97 Å². The quantitative estimate of drug-likeness (QED) is 0.887. The Kier molecular flexibility index (Phi) is 3.05. The van der Waals surface area contributed by atoms with Crippen LogP contribution in [0.3, 0.4) is 0 Å². The molecule has 0 amide bonds. The molecule has 0 aromatic carbocycles. The Bertz CT molecular complexity index is 487. The number of carboxylic acid groups (broad SMARTS) is 1. The first-order valence-corrected chi connectivity index (χ1v) is 5.92. The molecule has 4 nitrogen and oxygen atoms in total. The molecule has 0 radical (unpaired) electrons. The van der Waals surface area contributed by atoms with Crippen LogP contribution in [-0.4, -0.2) is 16.1 Å². The zero-order valence-electron chi connectivity index (χ0n) is 8.77. The van der Waals surface area contributed by atoms with Crippen molar-refractivity contribution in [1.29, 1.82) is 0 Å². The van der Waals surface area contributed by atoms with E-state index in [1.807, 2.05) is 23.8 Å². The topological polar surface area (TPSA) is 63.3 Å². The molecule has 0 saturated heterocycles. The number of rotatable bonds is 4. The van der Waals surface area contributed by atoms with Crippen LogP contribution in [0.25, 0.3) is 11.5 Å². The summed E-state index contributed by atoms with van der Waals surface area (Å²) in [7, 11) is 0.